The molecule has 1 atom stereocenters. The molecule has 1 saturated heterocycles. The second kappa shape index (κ2) is 10.9. The summed E-state index contributed by atoms with van der Waals surface area (Å²) in [5.74, 6) is 1.35. The van der Waals surface area contributed by atoms with Crippen molar-refractivity contribution in [2.75, 3.05) is 19.5 Å². The minimum atomic E-state index is -0.628. The van der Waals surface area contributed by atoms with Crippen molar-refractivity contribution in [2.45, 2.75) is 65.5 Å². The highest BCUT2D eigenvalue weighted by Crippen LogP contribution is 2.42. The quantitative estimate of drug-likeness (QED) is 0.387. The molecule has 0 bridgehead atoms. The number of carbonyl (C=O) groups excluding carboxylic acids is 2. The number of amides is 1. The van der Waals surface area contributed by atoms with E-state index < -0.39 is 12.0 Å². The summed E-state index contributed by atoms with van der Waals surface area (Å²) >= 11 is 1.52. The maximum absolute atomic E-state index is 13.1. The molecule has 2 heterocycles. The Labute approximate surface area is 194 Å². The number of allylic oxidation sites excluding steroid dienone is 1. The summed E-state index contributed by atoms with van der Waals surface area (Å²) in [5, 5.41) is 0.615. The third kappa shape index (κ3) is 5.28. The van der Waals surface area contributed by atoms with Gasteiger partial charge in [0.05, 0.1) is 37.1 Å². The van der Waals surface area contributed by atoms with Crippen LogP contribution in [0.2, 0.25) is 0 Å². The standard InChI is InChI=1S/C24H32N2O5S/c1-6-7-8-12-30-18-10-9-17(14-19(18)29-5)22-21(23(28)31-15(2)3)16(4)25-24-26(22)20(27)11-13-32-24/h9-10,14-15,22H,6-8,11-13H2,1-5H3. The van der Waals surface area contributed by atoms with Crippen LogP contribution in [-0.2, 0) is 14.3 Å². The van der Waals surface area contributed by atoms with Gasteiger partial charge in [0.1, 0.15) is 0 Å². The van der Waals surface area contributed by atoms with Crippen molar-refractivity contribution in [3.8, 4) is 11.5 Å². The number of carbonyl (C=O) groups is 2. The summed E-state index contributed by atoms with van der Waals surface area (Å²) in [5.41, 5.74) is 1.69. The van der Waals surface area contributed by atoms with E-state index in [1.807, 2.05) is 18.2 Å². The number of methoxy groups -OCH3 is 1. The van der Waals surface area contributed by atoms with Gasteiger partial charge in [-0.15, -0.1) is 0 Å². The Balaban J connectivity index is 2.01. The van der Waals surface area contributed by atoms with Gasteiger partial charge in [0.2, 0.25) is 5.91 Å². The Morgan fingerprint density at radius 1 is 1.28 bits per heavy atom. The van der Waals surface area contributed by atoms with Crippen LogP contribution in [0.3, 0.4) is 0 Å². The smallest absolute Gasteiger partial charge is 0.338 e. The van der Waals surface area contributed by atoms with Crippen LogP contribution < -0.4 is 9.47 Å². The first-order valence-electron chi connectivity index (χ1n) is 11.1. The fourth-order valence-electron chi connectivity index (χ4n) is 3.76. The lowest BCUT2D eigenvalue weighted by atomic mass is 9.93. The van der Waals surface area contributed by atoms with E-state index in [0.29, 0.717) is 46.7 Å². The van der Waals surface area contributed by atoms with E-state index in [1.54, 1.807) is 32.8 Å². The molecule has 1 amide bonds. The monoisotopic (exact) mass is 460 g/mol. The molecule has 1 aromatic carbocycles. The van der Waals surface area contributed by atoms with E-state index in [4.69, 9.17) is 14.2 Å². The Morgan fingerprint density at radius 2 is 2.06 bits per heavy atom. The minimum Gasteiger partial charge on any atom is -0.493 e. The van der Waals surface area contributed by atoms with Crippen molar-refractivity contribution in [3.05, 3.63) is 35.0 Å². The molecule has 0 radical (unpaired) electrons. The van der Waals surface area contributed by atoms with Gasteiger partial charge in [-0.3, -0.25) is 9.69 Å². The summed E-state index contributed by atoms with van der Waals surface area (Å²) < 4.78 is 17.0. The molecule has 174 valence electrons. The average Bonchev–Trinajstić information content (AvgIpc) is 2.75. The first-order valence-corrected chi connectivity index (χ1v) is 12.1. The van der Waals surface area contributed by atoms with Crippen LogP contribution >= 0.6 is 11.8 Å². The molecule has 7 nitrogen and oxygen atoms in total. The summed E-state index contributed by atoms with van der Waals surface area (Å²) in [7, 11) is 1.59. The van der Waals surface area contributed by atoms with Gasteiger partial charge in [0, 0.05) is 12.2 Å². The first-order chi connectivity index (χ1) is 15.4. The fraction of sp³-hybridized carbons (Fsp3) is 0.542. The van der Waals surface area contributed by atoms with Crippen LogP contribution in [0.1, 0.15) is 65.0 Å². The molecule has 0 N–H and O–H groups in total. The molecule has 8 heteroatoms. The third-order valence-corrected chi connectivity index (χ3v) is 6.23. The normalized spacial score (nSPS) is 18.4. The first kappa shape index (κ1) is 24.2. The Kier molecular flexibility index (Phi) is 8.23. The predicted molar refractivity (Wildman–Crippen MR) is 126 cm³/mol. The van der Waals surface area contributed by atoms with Crippen LogP contribution in [0.5, 0.6) is 11.5 Å². The van der Waals surface area contributed by atoms with E-state index in [-0.39, 0.29) is 12.0 Å². The van der Waals surface area contributed by atoms with Crippen molar-refractivity contribution >= 4 is 28.8 Å². The number of benzene rings is 1. The zero-order chi connectivity index (χ0) is 23.3. The van der Waals surface area contributed by atoms with E-state index >= 15 is 0 Å². The molecular formula is C24H32N2O5S. The van der Waals surface area contributed by atoms with Gasteiger partial charge >= 0.3 is 5.97 Å². The molecule has 0 spiro atoms. The lowest BCUT2D eigenvalue weighted by molar-refractivity contribution is -0.143. The van der Waals surface area contributed by atoms with E-state index in [1.165, 1.54) is 11.8 Å². The second-order valence-corrected chi connectivity index (χ2v) is 9.14. The zero-order valence-electron chi connectivity index (χ0n) is 19.5. The van der Waals surface area contributed by atoms with Crippen molar-refractivity contribution in [2.24, 2.45) is 4.99 Å². The Bertz CT molecular complexity index is 925. The molecule has 1 unspecified atom stereocenters. The Morgan fingerprint density at radius 3 is 2.75 bits per heavy atom. The summed E-state index contributed by atoms with van der Waals surface area (Å²) in [6.07, 6.45) is 3.30. The fourth-order valence-corrected chi connectivity index (χ4v) is 4.76. The molecule has 3 rings (SSSR count). The highest BCUT2D eigenvalue weighted by molar-refractivity contribution is 8.14. The number of amidine groups is 1. The molecule has 0 saturated carbocycles. The van der Waals surface area contributed by atoms with Gasteiger partial charge in [0.25, 0.3) is 0 Å². The lowest BCUT2D eigenvalue weighted by Gasteiger charge is -2.39. The highest BCUT2D eigenvalue weighted by Gasteiger charge is 2.42. The predicted octanol–water partition coefficient (Wildman–Crippen LogP) is 4.87. The Hall–Kier alpha value is -2.48. The second-order valence-electron chi connectivity index (χ2n) is 8.08. The average molecular weight is 461 g/mol. The van der Waals surface area contributed by atoms with Crippen LogP contribution in [0, 0.1) is 0 Å². The number of hydrogen-bond donors (Lipinski definition) is 0. The number of rotatable bonds is 9. The van der Waals surface area contributed by atoms with E-state index in [9.17, 15) is 9.59 Å². The molecule has 2 aliphatic rings. The van der Waals surface area contributed by atoms with Crippen molar-refractivity contribution in [3.63, 3.8) is 0 Å². The SMILES string of the molecule is CCCCCOc1ccc(C2C(C(=O)OC(C)C)=C(C)N=C3SCCC(=O)N32)cc1OC. The molecule has 0 aromatic heterocycles. The summed E-state index contributed by atoms with van der Waals surface area (Å²) in [6.45, 7) is 8.15. The third-order valence-electron chi connectivity index (χ3n) is 5.28. The van der Waals surface area contributed by atoms with E-state index in [2.05, 4.69) is 11.9 Å². The molecule has 32 heavy (non-hydrogen) atoms. The van der Waals surface area contributed by atoms with E-state index in [0.717, 1.165) is 24.8 Å². The number of hydrogen-bond acceptors (Lipinski definition) is 7. The zero-order valence-corrected chi connectivity index (χ0v) is 20.3. The summed E-state index contributed by atoms with van der Waals surface area (Å²) in [6, 6.07) is 4.93. The number of aliphatic imine (C=N–C) groups is 1. The summed E-state index contributed by atoms with van der Waals surface area (Å²) in [4.78, 5) is 32.2. The number of nitrogens with zero attached hydrogens (tertiary/aromatic N) is 2. The van der Waals surface area contributed by atoms with Crippen LogP contribution in [-0.4, -0.2) is 47.5 Å². The minimum absolute atomic E-state index is 0.0614. The molecule has 1 aromatic rings. The van der Waals surface area contributed by atoms with Crippen molar-refractivity contribution < 1.29 is 23.8 Å². The number of thioether (sulfide) groups is 1. The lowest BCUT2D eigenvalue weighted by Crippen LogP contribution is -2.46. The number of unbranched alkanes of at least 4 members (excludes halogenated alkanes) is 2. The maximum atomic E-state index is 13.1. The van der Waals surface area contributed by atoms with Crippen molar-refractivity contribution in [1.82, 2.24) is 4.90 Å². The number of ether oxygens (including phenoxy) is 3. The van der Waals surface area contributed by atoms with Gasteiger partial charge in [-0.05, 0) is 44.9 Å². The number of fused-ring (bicyclic) bond motifs is 1. The van der Waals surface area contributed by atoms with Gasteiger partial charge in [-0.2, -0.15) is 0 Å². The maximum Gasteiger partial charge on any atom is 0.338 e. The molecule has 1 fully saturated rings. The van der Waals surface area contributed by atoms with Gasteiger partial charge in [0.15, 0.2) is 16.7 Å². The largest absolute Gasteiger partial charge is 0.493 e. The molecule has 0 aliphatic carbocycles. The van der Waals surface area contributed by atoms with Crippen LogP contribution in [0.4, 0.5) is 0 Å². The number of esters is 1. The van der Waals surface area contributed by atoms with Crippen LogP contribution in [0.25, 0.3) is 0 Å². The van der Waals surface area contributed by atoms with Gasteiger partial charge < -0.3 is 14.2 Å². The van der Waals surface area contributed by atoms with Crippen molar-refractivity contribution in [1.29, 1.82) is 0 Å². The molecular weight excluding hydrogens is 428 g/mol. The molecule has 2 aliphatic heterocycles. The van der Waals surface area contributed by atoms with Crippen LogP contribution in [0.15, 0.2) is 34.5 Å². The highest BCUT2D eigenvalue weighted by atomic mass is 32.2. The van der Waals surface area contributed by atoms with Gasteiger partial charge in [-0.25, -0.2) is 9.79 Å². The van der Waals surface area contributed by atoms with Gasteiger partial charge in [-0.1, -0.05) is 37.6 Å². The topological polar surface area (TPSA) is 77.4 Å².